The number of halogens is 1. The maximum absolute atomic E-state index is 12.0. The number of nitrogens with zero attached hydrogens (tertiary/aromatic N) is 1. The van der Waals surface area contributed by atoms with Crippen LogP contribution in [0, 0.1) is 5.92 Å². The average molecular weight is 273 g/mol. The zero-order valence-electron chi connectivity index (χ0n) is 10.8. The lowest BCUT2D eigenvalue weighted by atomic mass is 9.97. The molecule has 6 heteroatoms. The number of hydrogen-bond donors (Lipinski definition) is 3. The van der Waals surface area contributed by atoms with E-state index in [9.17, 15) is 4.79 Å². The molecule has 18 heavy (non-hydrogen) atoms. The largest absolute Gasteiger partial charge is 0.317 e. The summed E-state index contributed by atoms with van der Waals surface area (Å²) in [7, 11) is 0. The van der Waals surface area contributed by atoms with Crippen LogP contribution in [0.2, 0.25) is 0 Å². The predicted molar refractivity (Wildman–Crippen MR) is 74.1 cm³/mol. The molecule has 102 valence electrons. The van der Waals surface area contributed by atoms with Gasteiger partial charge < -0.3 is 10.6 Å². The van der Waals surface area contributed by atoms with Gasteiger partial charge in [0.2, 0.25) is 5.91 Å². The number of aromatic nitrogens is 2. The van der Waals surface area contributed by atoms with Crippen molar-refractivity contribution in [1.29, 1.82) is 0 Å². The van der Waals surface area contributed by atoms with Crippen molar-refractivity contribution in [2.24, 2.45) is 5.92 Å². The standard InChI is InChI=1S/C12H20N4O.ClH/c1-8(2)10-7-11(16-15-10)14-12(17)9-3-5-13-6-4-9;/h7-9,13H,3-6H2,1-2H3,(H2,14,15,16,17);1H. The first-order valence-corrected chi connectivity index (χ1v) is 6.23. The van der Waals surface area contributed by atoms with Gasteiger partial charge in [0.15, 0.2) is 5.82 Å². The van der Waals surface area contributed by atoms with E-state index in [1.807, 2.05) is 6.07 Å². The van der Waals surface area contributed by atoms with Crippen LogP contribution in [0.3, 0.4) is 0 Å². The topological polar surface area (TPSA) is 69.8 Å². The smallest absolute Gasteiger partial charge is 0.228 e. The molecule has 1 amide bonds. The molecular formula is C12H21ClN4O. The fraction of sp³-hybridized carbons (Fsp3) is 0.667. The van der Waals surface area contributed by atoms with Crippen molar-refractivity contribution < 1.29 is 4.79 Å². The van der Waals surface area contributed by atoms with Crippen LogP contribution in [0.4, 0.5) is 5.82 Å². The van der Waals surface area contributed by atoms with Crippen LogP contribution in [0.25, 0.3) is 0 Å². The Labute approximate surface area is 114 Å². The van der Waals surface area contributed by atoms with Gasteiger partial charge in [-0.25, -0.2) is 0 Å². The first kappa shape index (κ1) is 15.0. The van der Waals surface area contributed by atoms with Crippen molar-refractivity contribution in [3.05, 3.63) is 11.8 Å². The lowest BCUT2D eigenvalue weighted by molar-refractivity contribution is -0.120. The molecule has 1 aliphatic rings. The summed E-state index contributed by atoms with van der Waals surface area (Å²) in [5.74, 6) is 1.24. The van der Waals surface area contributed by atoms with Gasteiger partial charge >= 0.3 is 0 Å². The number of carbonyl (C=O) groups excluding carboxylic acids is 1. The molecule has 1 saturated heterocycles. The van der Waals surface area contributed by atoms with E-state index in [-0.39, 0.29) is 24.2 Å². The van der Waals surface area contributed by atoms with Crippen LogP contribution in [0.5, 0.6) is 0 Å². The van der Waals surface area contributed by atoms with Gasteiger partial charge in [-0.05, 0) is 31.8 Å². The summed E-state index contributed by atoms with van der Waals surface area (Å²) in [4.78, 5) is 12.0. The monoisotopic (exact) mass is 272 g/mol. The molecule has 5 nitrogen and oxygen atoms in total. The Balaban J connectivity index is 0.00000162. The summed E-state index contributed by atoms with van der Waals surface area (Å²) >= 11 is 0. The number of anilines is 1. The van der Waals surface area contributed by atoms with Crippen molar-refractivity contribution in [3.63, 3.8) is 0 Å². The first-order valence-electron chi connectivity index (χ1n) is 6.23. The van der Waals surface area contributed by atoms with E-state index in [2.05, 4.69) is 34.7 Å². The second kappa shape index (κ2) is 6.75. The molecule has 0 radical (unpaired) electrons. The summed E-state index contributed by atoms with van der Waals surface area (Å²) in [6.07, 6.45) is 1.82. The number of piperidine rings is 1. The number of rotatable bonds is 3. The number of amides is 1. The normalized spacial score (nSPS) is 16.4. The maximum Gasteiger partial charge on any atom is 0.228 e. The van der Waals surface area contributed by atoms with Gasteiger partial charge in [0, 0.05) is 17.7 Å². The molecule has 0 spiro atoms. The minimum absolute atomic E-state index is 0. The highest BCUT2D eigenvalue weighted by atomic mass is 35.5. The lowest BCUT2D eigenvalue weighted by Gasteiger charge is -2.21. The van der Waals surface area contributed by atoms with Crippen molar-refractivity contribution in [2.75, 3.05) is 18.4 Å². The molecule has 0 unspecified atom stereocenters. The number of H-pyrrole nitrogens is 1. The molecule has 0 bridgehead atoms. The third kappa shape index (κ3) is 3.71. The zero-order valence-corrected chi connectivity index (χ0v) is 11.6. The molecule has 0 saturated carbocycles. The molecule has 2 rings (SSSR count). The molecule has 1 aromatic rings. The highest BCUT2D eigenvalue weighted by Crippen LogP contribution is 2.17. The van der Waals surface area contributed by atoms with Crippen LogP contribution in [-0.2, 0) is 4.79 Å². The Kier molecular flexibility index (Phi) is 5.62. The highest BCUT2D eigenvalue weighted by Gasteiger charge is 2.21. The minimum atomic E-state index is 0. The van der Waals surface area contributed by atoms with Gasteiger partial charge in [-0.3, -0.25) is 9.89 Å². The Morgan fingerprint density at radius 1 is 1.44 bits per heavy atom. The van der Waals surface area contributed by atoms with E-state index < -0.39 is 0 Å². The van der Waals surface area contributed by atoms with Crippen LogP contribution >= 0.6 is 12.4 Å². The van der Waals surface area contributed by atoms with Crippen LogP contribution in [0.15, 0.2) is 6.07 Å². The van der Waals surface area contributed by atoms with Crippen LogP contribution < -0.4 is 10.6 Å². The third-order valence-electron chi connectivity index (χ3n) is 3.18. The molecule has 1 aliphatic heterocycles. The molecule has 1 fully saturated rings. The maximum atomic E-state index is 12.0. The van der Waals surface area contributed by atoms with E-state index >= 15 is 0 Å². The van der Waals surface area contributed by atoms with Gasteiger partial charge in [-0.2, -0.15) is 5.10 Å². The van der Waals surface area contributed by atoms with Crippen LogP contribution in [-0.4, -0.2) is 29.2 Å². The second-order valence-electron chi connectivity index (χ2n) is 4.88. The average Bonchev–Trinajstić information content (AvgIpc) is 2.79. The third-order valence-corrected chi connectivity index (χ3v) is 3.18. The summed E-state index contributed by atoms with van der Waals surface area (Å²) in [6, 6.07) is 1.91. The number of carbonyl (C=O) groups is 1. The van der Waals surface area contributed by atoms with Gasteiger partial charge in [-0.15, -0.1) is 12.4 Å². The van der Waals surface area contributed by atoms with Gasteiger partial charge in [-0.1, -0.05) is 13.8 Å². The fourth-order valence-corrected chi connectivity index (χ4v) is 2.01. The van der Waals surface area contributed by atoms with Gasteiger partial charge in [0.1, 0.15) is 0 Å². The number of nitrogens with one attached hydrogen (secondary N) is 3. The summed E-state index contributed by atoms with van der Waals surface area (Å²) in [5.41, 5.74) is 1.05. The van der Waals surface area contributed by atoms with E-state index in [1.54, 1.807) is 0 Å². The quantitative estimate of drug-likeness (QED) is 0.787. The Morgan fingerprint density at radius 2 is 2.11 bits per heavy atom. The van der Waals surface area contributed by atoms with Crippen molar-refractivity contribution >= 4 is 24.1 Å². The van der Waals surface area contributed by atoms with E-state index in [0.717, 1.165) is 31.6 Å². The SMILES string of the molecule is CC(C)c1cc(NC(=O)C2CCNCC2)n[nH]1.Cl. The Hall–Kier alpha value is -1.07. The van der Waals surface area contributed by atoms with Gasteiger partial charge in [0.25, 0.3) is 0 Å². The molecule has 0 aliphatic carbocycles. The van der Waals surface area contributed by atoms with Crippen molar-refractivity contribution in [3.8, 4) is 0 Å². The molecule has 0 aromatic carbocycles. The molecule has 0 atom stereocenters. The summed E-state index contributed by atoms with van der Waals surface area (Å²) < 4.78 is 0. The first-order chi connectivity index (χ1) is 8.16. The van der Waals surface area contributed by atoms with E-state index in [0.29, 0.717) is 11.7 Å². The van der Waals surface area contributed by atoms with Crippen molar-refractivity contribution in [2.45, 2.75) is 32.6 Å². The highest BCUT2D eigenvalue weighted by molar-refractivity contribution is 5.91. The molecule has 3 N–H and O–H groups in total. The molecule has 2 heterocycles. The molecule has 1 aromatic heterocycles. The number of aromatic amines is 1. The lowest BCUT2D eigenvalue weighted by Crippen LogP contribution is -2.34. The Bertz CT molecular complexity index is 385. The fourth-order valence-electron chi connectivity index (χ4n) is 2.01. The predicted octanol–water partition coefficient (Wildman–Crippen LogP) is 1.89. The van der Waals surface area contributed by atoms with Crippen LogP contribution in [0.1, 0.15) is 38.3 Å². The van der Waals surface area contributed by atoms with E-state index in [1.165, 1.54) is 0 Å². The van der Waals surface area contributed by atoms with E-state index in [4.69, 9.17) is 0 Å². The summed E-state index contributed by atoms with van der Waals surface area (Å²) in [6.45, 7) is 6.03. The number of hydrogen-bond acceptors (Lipinski definition) is 3. The molecular weight excluding hydrogens is 252 g/mol. The van der Waals surface area contributed by atoms with Gasteiger partial charge in [0.05, 0.1) is 0 Å². The zero-order chi connectivity index (χ0) is 12.3. The second-order valence-corrected chi connectivity index (χ2v) is 4.88. The Morgan fingerprint density at radius 3 is 2.67 bits per heavy atom. The van der Waals surface area contributed by atoms with Crippen molar-refractivity contribution in [1.82, 2.24) is 15.5 Å². The summed E-state index contributed by atoms with van der Waals surface area (Å²) in [5, 5.41) is 13.2. The minimum Gasteiger partial charge on any atom is -0.317 e.